The van der Waals surface area contributed by atoms with Crippen molar-refractivity contribution in [3.05, 3.63) is 48.3 Å². The Morgan fingerprint density at radius 3 is 2.57 bits per heavy atom. The van der Waals surface area contributed by atoms with Crippen LogP contribution in [0.2, 0.25) is 0 Å². The third-order valence-corrected chi connectivity index (χ3v) is 5.75. The van der Waals surface area contributed by atoms with Crippen LogP contribution in [0.4, 0.5) is 5.95 Å². The standard InChI is InChI=1S/C23H29N5O2/c1-15(29)25-16-7-9-17(10-8-16)26-22-24-13-11-21(27-22)28-14-12-18-19(23(2,3)30)5-4-6-20(18)28/h4-6,11-14,16-17,30H,7-10H2,1-3H3,(H,25,29)(H,24,26,27). The Hall–Kier alpha value is -2.93. The Balaban J connectivity index is 1.53. The van der Waals surface area contributed by atoms with Gasteiger partial charge in [0.15, 0.2) is 0 Å². The van der Waals surface area contributed by atoms with Crippen LogP contribution < -0.4 is 10.6 Å². The van der Waals surface area contributed by atoms with E-state index in [1.807, 2.05) is 41.1 Å². The van der Waals surface area contributed by atoms with Crippen molar-refractivity contribution < 1.29 is 9.90 Å². The van der Waals surface area contributed by atoms with Crippen LogP contribution in [0.3, 0.4) is 0 Å². The second kappa shape index (κ2) is 8.07. The summed E-state index contributed by atoms with van der Waals surface area (Å²) >= 11 is 0. The van der Waals surface area contributed by atoms with Crippen LogP contribution >= 0.6 is 0 Å². The summed E-state index contributed by atoms with van der Waals surface area (Å²) < 4.78 is 2.02. The van der Waals surface area contributed by atoms with Gasteiger partial charge in [-0.1, -0.05) is 12.1 Å². The number of aliphatic hydroxyl groups is 1. The number of nitrogens with zero attached hydrogens (tertiary/aromatic N) is 3. The Bertz CT molecular complexity index is 1050. The summed E-state index contributed by atoms with van der Waals surface area (Å²) in [7, 11) is 0. The summed E-state index contributed by atoms with van der Waals surface area (Å²) in [5.74, 6) is 1.42. The molecular formula is C23H29N5O2. The third-order valence-electron chi connectivity index (χ3n) is 5.75. The molecule has 1 aromatic carbocycles. The maximum Gasteiger partial charge on any atom is 0.224 e. The van der Waals surface area contributed by atoms with Crippen molar-refractivity contribution in [3.8, 4) is 5.82 Å². The van der Waals surface area contributed by atoms with Crippen LogP contribution in [0, 0.1) is 0 Å². The van der Waals surface area contributed by atoms with Gasteiger partial charge in [-0.25, -0.2) is 4.98 Å². The van der Waals surface area contributed by atoms with E-state index in [1.165, 1.54) is 0 Å². The molecule has 0 aliphatic heterocycles. The lowest BCUT2D eigenvalue weighted by Gasteiger charge is -2.29. The van der Waals surface area contributed by atoms with Crippen LogP contribution in [0.15, 0.2) is 42.7 Å². The molecule has 0 radical (unpaired) electrons. The fourth-order valence-electron chi connectivity index (χ4n) is 4.31. The Labute approximate surface area is 176 Å². The van der Waals surface area contributed by atoms with Gasteiger partial charge in [-0.3, -0.25) is 4.79 Å². The highest BCUT2D eigenvalue weighted by Crippen LogP contribution is 2.30. The van der Waals surface area contributed by atoms with Crippen LogP contribution in [-0.2, 0) is 10.4 Å². The van der Waals surface area contributed by atoms with Gasteiger partial charge in [0, 0.05) is 36.8 Å². The molecule has 30 heavy (non-hydrogen) atoms. The van der Waals surface area contributed by atoms with Crippen molar-refractivity contribution in [3.63, 3.8) is 0 Å². The molecule has 0 unspecified atom stereocenters. The molecule has 7 heteroatoms. The molecule has 1 aliphatic carbocycles. The van der Waals surface area contributed by atoms with Gasteiger partial charge >= 0.3 is 0 Å². The zero-order valence-corrected chi connectivity index (χ0v) is 17.7. The summed E-state index contributed by atoms with van der Waals surface area (Å²) in [5, 5.41) is 18.0. The Morgan fingerprint density at radius 2 is 1.87 bits per heavy atom. The first kappa shape index (κ1) is 20.3. The number of hydrogen-bond acceptors (Lipinski definition) is 5. The van der Waals surface area contributed by atoms with Gasteiger partial charge in [-0.05, 0) is 63.3 Å². The molecule has 0 bridgehead atoms. The lowest BCUT2D eigenvalue weighted by molar-refractivity contribution is -0.119. The van der Waals surface area contributed by atoms with E-state index in [0.717, 1.165) is 48.0 Å². The van der Waals surface area contributed by atoms with E-state index in [1.54, 1.807) is 27.0 Å². The predicted octanol–water partition coefficient (Wildman–Crippen LogP) is 3.51. The highest BCUT2D eigenvalue weighted by molar-refractivity contribution is 5.85. The zero-order valence-electron chi connectivity index (χ0n) is 17.7. The summed E-state index contributed by atoms with van der Waals surface area (Å²) in [6.07, 6.45) is 7.60. The van der Waals surface area contributed by atoms with Crippen molar-refractivity contribution in [2.45, 2.75) is 64.1 Å². The number of anilines is 1. The van der Waals surface area contributed by atoms with Gasteiger partial charge in [-0.15, -0.1) is 0 Å². The second-order valence-corrected chi connectivity index (χ2v) is 8.61. The molecule has 0 atom stereocenters. The monoisotopic (exact) mass is 407 g/mol. The summed E-state index contributed by atoms with van der Waals surface area (Å²) in [6, 6.07) is 10.4. The number of aromatic nitrogens is 3. The predicted molar refractivity (Wildman–Crippen MR) is 118 cm³/mol. The van der Waals surface area contributed by atoms with Crippen molar-refractivity contribution in [1.82, 2.24) is 19.9 Å². The summed E-state index contributed by atoms with van der Waals surface area (Å²) in [4.78, 5) is 20.4. The van der Waals surface area contributed by atoms with Crippen LogP contribution in [0.5, 0.6) is 0 Å². The number of rotatable bonds is 5. The first-order valence-corrected chi connectivity index (χ1v) is 10.5. The first-order chi connectivity index (χ1) is 14.3. The average molecular weight is 408 g/mol. The van der Waals surface area contributed by atoms with Gasteiger partial charge in [0.2, 0.25) is 11.9 Å². The minimum absolute atomic E-state index is 0.0362. The van der Waals surface area contributed by atoms with Crippen LogP contribution in [0.25, 0.3) is 16.7 Å². The minimum atomic E-state index is -0.916. The number of benzene rings is 1. The average Bonchev–Trinajstić information content (AvgIpc) is 3.13. The molecule has 1 fully saturated rings. The normalized spacial score (nSPS) is 19.6. The van der Waals surface area contributed by atoms with E-state index < -0.39 is 5.60 Å². The van der Waals surface area contributed by atoms with Crippen LogP contribution in [0.1, 0.15) is 52.0 Å². The topological polar surface area (TPSA) is 92.1 Å². The highest BCUT2D eigenvalue weighted by Gasteiger charge is 2.23. The lowest BCUT2D eigenvalue weighted by Crippen LogP contribution is -2.39. The van der Waals surface area contributed by atoms with E-state index >= 15 is 0 Å². The number of nitrogens with one attached hydrogen (secondary N) is 2. The van der Waals surface area contributed by atoms with Crippen molar-refractivity contribution in [2.24, 2.45) is 0 Å². The molecule has 2 heterocycles. The Morgan fingerprint density at radius 1 is 1.13 bits per heavy atom. The lowest BCUT2D eigenvalue weighted by atomic mass is 9.91. The van der Waals surface area contributed by atoms with E-state index in [0.29, 0.717) is 12.0 Å². The molecule has 3 N–H and O–H groups in total. The molecule has 0 spiro atoms. The minimum Gasteiger partial charge on any atom is -0.386 e. The molecule has 3 aromatic rings. The maximum absolute atomic E-state index is 11.2. The van der Waals surface area contributed by atoms with Crippen molar-refractivity contribution in [1.29, 1.82) is 0 Å². The van der Waals surface area contributed by atoms with E-state index in [2.05, 4.69) is 15.6 Å². The fraction of sp³-hybridized carbons (Fsp3) is 0.435. The largest absolute Gasteiger partial charge is 0.386 e. The quantitative estimate of drug-likeness (QED) is 0.602. The maximum atomic E-state index is 11.2. The number of fused-ring (bicyclic) bond motifs is 1. The van der Waals surface area contributed by atoms with Crippen molar-refractivity contribution in [2.75, 3.05) is 5.32 Å². The molecule has 158 valence electrons. The van der Waals surface area contributed by atoms with E-state index in [9.17, 15) is 9.90 Å². The third kappa shape index (κ3) is 4.31. The number of carbonyl (C=O) groups excluding carboxylic acids is 1. The number of carbonyl (C=O) groups is 1. The van der Waals surface area contributed by atoms with Crippen molar-refractivity contribution >= 4 is 22.8 Å². The molecule has 4 rings (SSSR count). The smallest absolute Gasteiger partial charge is 0.224 e. The summed E-state index contributed by atoms with van der Waals surface area (Å²) in [6.45, 7) is 5.16. The molecule has 1 saturated carbocycles. The number of hydrogen-bond donors (Lipinski definition) is 3. The van der Waals surface area contributed by atoms with Gasteiger partial charge in [0.25, 0.3) is 0 Å². The Kier molecular flexibility index (Phi) is 5.47. The van der Waals surface area contributed by atoms with Gasteiger partial charge < -0.3 is 20.3 Å². The molecule has 1 aliphatic rings. The fourth-order valence-corrected chi connectivity index (χ4v) is 4.31. The van der Waals surface area contributed by atoms with E-state index in [4.69, 9.17) is 4.98 Å². The highest BCUT2D eigenvalue weighted by atomic mass is 16.3. The number of amides is 1. The molecule has 2 aromatic heterocycles. The van der Waals surface area contributed by atoms with Crippen LogP contribution in [-0.4, -0.2) is 37.6 Å². The second-order valence-electron chi connectivity index (χ2n) is 8.61. The molecule has 7 nitrogen and oxygen atoms in total. The van der Waals surface area contributed by atoms with Gasteiger partial charge in [0.1, 0.15) is 5.82 Å². The van der Waals surface area contributed by atoms with E-state index in [-0.39, 0.29) is 11.9 Å². The first-order valence-electron chi connectivity index (χ1n) is 10.5. The zero-order chi connectivity index (χ0) is 21.3. The molecule has 1 amide bonds. The SMILES string of the molecule is CC(=O)NC1CCC(Nc2nccc(-n3ccc4c(C(C)(C)O)cccc43)n2)CC1. The van der Waals surface area contributed by atoms with Gasteiger partial charge in [0.05, 0.1) is 11.1 Å². The summed E-state index contributed by atoms with van der Waals surface area (Å²) in [5.41, 5.74) is 0.970. The van der Waals surface area contributed by atoms with Gasteiger partial charge in [-0.2, -0.15) is 4.98 Å². The molecular weight excluding hydrogens is 378 g/mol. The molecule has 0 saturated heterocycles.